The highest BCUT2D eigenvalue weighted by Crippen LogP contribution is 2.29. The summed E-state index contributed by atoms with van der Waals surface area (Å²) in [5.41, 5.74) is 0. The van der Waals surface area contributed by atoms with Crippen LogP contribution in [0.5, 0.6) is 0 Å². The summed E-state index contributed by atoms with van der Waals surface area (Å²) in [5.74, 6) is -2.16. The Kier molecular flexibility index (Phi) is 6.22. The summed E-state index contributed by atoms with van der Waals surface area (Å²) in [6.07, 6.45) is 1.90. The van der Waals surface area contributed by atoms with Crippen LogP contribution in [0.2, 0.25) is 0 Å². The van der Waals surface area contributed by atoms with Crippen LogP contribution >= 0.6 is 0 Å². The summed E-state index contributed by atoms with van der Waals surface area (Å²) in [7, 11) is -3.71. The highest BCUT2D eigenvalue weighted by atomic mass is 32.2. The van der Waals surface area contributed by atoms with Gasteiger partial charge in [0.25, 0.3) is 10.2 Å². The molecule has 2 rings (SSSR count). The lowest BCUT2D eigenvalue weighted by Crippen LogP contribution is -2.55. The maximum Gasteiger partial charge on any atom is 0.309 e. The van der Waals surface area contributed by atoms with E-state index in [0.717, 1.165) is 0 Å². The van der Waals surface area contributed by atoms with E-state index in [-0.39, 0.29) is 25.0 Å². The van der Waals surface area contributed by atoms with Gasteiger partial charge in [0.05, 0.1) is 18.4 Å². The van der Waals surface area contributed by atoms with Crippen molar-refractivity contribution in [2.45, 2.75) is 45.6 Å². The zero-order valence-corrected chi connectivity index (χ0v) is 15.0. The van der Waals surface area contributed by atoms with Crippen molar-refractivity contribution in [1.29, 1.82) is 0 Å². The van der Waals surface area contributed by atoms with Crippen molar-refractivity contribution in [2.75, 3.05) is 26.2 Å². The molecule has 0 aliphatic carbocycles. The standard InChI is InChI=1S/C15H26N2O6S/c1-3-23-15(20)12-6-9-16(10-7-12)24(21,22)17-8-4-5-13(11(17)2)14(18)19/h11-13H,3-10H2,1-2H3,(H,18,19)/t11-,13-/m0/s1. The first kappa shape index (κ1) is 19.1. The lowest BCUT2D eigenvalue weighted by Gasteiger charge is -2.40. The SMILES string of the molecule is CCOC(=O)C1CCN(S(=O)(=O)N2CCC[C@H](C(=O)O)[C@@H]2C)CC1. The molecule has 0 amide bonds. The third kappa shape index (κ3) is 3.89. The highest BCUT2D eigenvalue weighted by molar-refractivity contribution is 7.86. The molecule has 0 bridgehead atoms. The molecule has 0 radical (unpaired) electrons. The van der Waals surface area contributed by atoms with Crippen LogP contribution in [0.15, 0.2) is 0 Å². The second kappa shape index (κ2) is 7.79. The van der Waals surface area contributed by atoms with Crippen LogP contribution in [0.3, 0.4) is 0 Å². The molecule has 1 N–H and O–H groups in total. The average molecular weight is 362 g/mol. The van der Waals surface area contributed by atoms with Crippen molar-refractivity contribution >= 4 is 22.1 Å². The van der Waals surface area contributed by atoms with Crippen LogP contribution in [0.4, 0.5) is 0 Å². The molecule has 8 nitrogen and oxygen atoms in total. The molecular formula is C15H26N2O6S. The van der Waals surface area contributed by atoms with Crippen LogP contribution in [0.1, 0.15) is 39.5 Å². The molecule has 0 spiro atoms. The minimum absolute atomic E-state index is 0.257. The maximum atomic E-state index is 12.9. The molecule has 24 heavy (non-hydrogen) atoms. The van der Waals surface area contributed by atoms with E-state index in [1.54, 1.807) is 13.8 Å². The van der Waals surface area contributed by atoms with E-state index in [9.17, 15) is 23.1 Å². The number of carbonyl (C=O) groups excluding carboxylic acids is 1. The van der Waals surface area contributed by atoms with Gasteiger partial charge in [-0.05, 0) is 39.5 Å². The fraction of sp³-hybridized carbons (Fsp3) is 0.867. The lowest BCUT2D eigenvalue weighted by atomic mass is 9.92. The predicted octanol–water partition coefficient (Wildman–Crippen LogP) is 0.691. The van der Waals surface area contributed by atoms with Crippen molar-refractivity contribution in [3.8, 4) is 0 Å². The average Bonchev–Trinajstić information content (AvgIpc) is 2.55. The second-order valence-corrected chi connectivity index (χ2v) is 8.25. The van der Waals surface area contributed by atoms with Crippen LogP contribution in [-0.2, 0) is 24.5 Å². The van der Waals surface area contributed by atoms with Crippen molar-refractivity contribution in [2.24, 2.45) is 11.8 Å². The van der Waals surface area contributed by atoms with E-state index < -0.39 is 28.1 Å². The van der Waals surface area contributed by atoms with Gasteiger partial charge in [-0.25, -0.2) is 0 Å². The molecule has 2 saturated heterocycles. The number of aliphatic carboxylic acids is 1. The maximum absolute atomic E-state index is 12.9. The number of carboxylic acid groups (broad SMARTS) is 1. The minimum atomic E-state index is -3.71. The molecule has 0 unspecified atom stereocenters. The Balaban J connectivity index is 2.03. The molecule has 2 aliphatic heterocycles. The van der Waals surface area contributed by atoms with Gasteiger partial charge in [-0.2, -0.15) is 17.0 Å². The first-order valence-electron chi connectivity index (χ1n) is 8.45. The van der Waals surface area contributed by atoms with Crippen molar-refractivity contribution in [3.05, 3.63) is 0 Å². The number of hydrogen-bond acceptors (Lipinski definition) is 5. The Morgan fingerprint density at radius 1 is 1.17 bits per heavy atom. The zero-order chi connectivity index (χ0) is 17.9. The molecule has 9 heteroatoms. The zero-order valence-electron chi connectivity index (χ0n) is 14.2. The van der Waals surface area contributed by atoms with Gasteiger partial charge in [-0.15, -0.1) is 0 Å². The highest BCUT2D eigenvalue weighted by Gasteiger charge is 2.42. The molecule has 2 fully saturated rings. The monoisotopic (exact) mass is 362 g/mol. The third-order valence-corrected chi connectivity index (χ3v) is 7.07. The van der Waals surface area contributed by atoms with Gasteiger partial charge in [-0.1, -0.05) is 0 Å². The van der Waals surface area contributed by atoms with E-state index >= 15 is 0 Å². The number of hydrogen-bond donors (Lipinski definition) is 1. The first-order valence-corrected chi connectivity index (χ1v) is 9.85. The molecule has 0 aromatic carbocycles. The molecule has 0 aromatic rings. The number of nitrogens with zero attached hydrogens (tertiary/aromatic N) is 2. The van der Waals surface area contributed by atoms with Gasteiger partial charge in [0.1, 0.15) is 0 Å². The number of piperidine rings is 2. The number of carbonyl (C=O) groups is 2. The van der Waals surface area contributed by atoms with E-state index in [1.807, 2.05) is 0 Å². The number of rotatable bonds is 5. The van der Waals surface area contributed by atoms with Gasteiger partial charge < -0.3 is 9.84 Å². The summed E-state index contributed by atoms with van der Waals surface area (Å²) in [6.45, 7) is 4.57. The van der Waals surface area contributed by atoms with Crippen molar-refractivity contribution < 1.29 is 27.9 Å². The smallest absolute Gasteiger partial charge is 0.309 e. The molecule has 0 aromatic heterocycles. The Morgan fingerprint density at radius 2 is 1.79 bits per heavy atom. The van der Waals surface area contributed by atoms with Crippen LogP contribution < -0.4 is 0 Å². The first-order chi connectivity index (χ1) is 11.3. The minimum Gasteiger partial charge on any atom is -0.481 e. The summed E-state index contributed by atoms with van der Waals surface area (Å²) in [5, 5.41) is 9.26. The molecular weight excluding hydrogens is 336 g/mol. The Bertz CT molecular complexity index is 571. The number of esters is 1. The van der Waals surface area contributed by atoms with Crippen LogP contribution in [0, 0.1) is 11.8 Å². The van der Waals surface area contributed by atoms with E-state index in [0.29, 0.717) is 38.8 Å². The molecule has 0 saturated carbocycles. The molecule has 2 heterocycles. The van der Waals surface area contributed by atoms with Gasteiger partial charge in [-0.3, -0.25) is 9.59 Å². The van der Waals surface area contributed by atoms with Crippen molar-refractivity contribution in [1.82, 2.24) is 8.61 Å². The second-order valence-electron chi connectivity index (χ2n) is 6.37. The fourth-order valence-corrected chi connectivity index (χ4v) is 5.39. The van der Waals surface area contributed by atoms with Crippen LogP contribution in [-0.4, -0.2) is 66.4 Å². The van der Waals surface area contributed by atoms with E-state index in [4.69, 9.17) is 4.74 Å². The van der Waals surface area contributed by atoms with Gasteiger partial charge in [0, 0.05) is 25.7 Å². The number of carboxylic acids is 1. The largest absolute Gasteiger partial charge is 0.481 e. The van der Waals surface area contributed by atoms with Gasteiger partial charge in [0.2, 0.25) is 0 Å². The normalized spacial score (nSPS) is 27.8. The molecule has 2 atom stereocenters. The fourth-order valence-electron chi connectivity index (χ4n) is 3.50. The van der Waals surface area contributed by atoms with Gasteiger partial charge in [0.15, 0.2) is 0 Å². The third-order valence-electron chi connectivity index (χ3n) is 4.94. The summed E-state index contributed by atoms with van der Waals surface area (Å²) >= 11 is 0. The lowest BCUT2D eigenvalue weighted by molar-refractivity contribution is -0.149. The molecule has 2 aliphatic rings. The van der Waals surface area contributed by atoms with Crippen molar-refractivity contribution in [3.63, 3.8) is 0 Å². The van der Waals surface area contributed by atoms with E-state index in [1.165, 1.54) is 8.61 Å². The summed E-state index contributed by atoms with van der Waals surface area (Å²) in [4.78, 5) is 23.1. The predicted molar refractivity (Wildman–Crippen MR) is 86.4 cm³/mol. The quantitative estimate of drug-likeness (QED) is 0.722. The molecule has 138 valence electrons. The van der Waals surface area contributed by atoms with Crippen LogP contribution in [0.25, 0.3) is 0 Å². The van der Waals surface area contributed by atoms with Gasteiger partial charge >= 0.3 is 11.9 Å². The van der Waals surface area contributed by atoms with E-state index in [2.05, 4.69) is 0 Å². The summed E-state index contributed by atoms with van der Waals surface area (Å²) < 4.78 is 33.4. The summed E-state index contributed by atoms with van der Waals surface area (Å²) in [6, 6.07) is -0.566. The Morgan fingerprint density at radius 3 is 2.33 bits per heavy atom. The Hall–Kier alpha value is -1.19. The Labute approximate surface area is 142 Å². The number of ether oxygens (including phenoxy) is 1. The topological polar surface area (TPSA) is 104 Å².